The number of hydrogen-bond acceptors (Lipinski definition) is 3. The fraction of sp³-hybridized carbons (Fsp3) is 0.833. The maximum Gasteiger partial charge on any atom is 0.151 e. The molecule has 4 heteroatoms. The van der Waals surface area contributed by atoms with Gasteiger partial charge in [0.2, 0.25) is 0 Å². The lowest BCUT2D eigenvalue weighted by Crippen LogP contribution is -2.38. The molecule has 4 nitrogen and oxygen atoms in total. The minimum atomic E-state index is 0.703. The Morgan fingerprint density at radius 1 is 1.38 bits per heavy atom. The van der Waals surface area contributed by atoms with Crippen LogP contribution in [0.5, 0.6) is 0 Å². The molecule has 0 saturated heterocycles. The van der Waals surface area contributed by atoms with Gasteiger partial charge < -0.3 is 5.32 Å². The number of H-pyrrole nitrogens is 1. The van der Waals surface area contributed by atoms with Crippen LogP contribution in [0.25, 0.3) is 0 Å². The fourth-order valence-electron chi connectivity index (χ4n) is 2.49. The average Bonchev–Trinajstić information content (AvgIpc) is 2.67. The molecule has 1 heterocycles. The largest absolute Gasteiger partial charge is 0.313 e. The van der Waals surface area contributed by atoms with E-state index in [2.05, 4.69) is 27.4 Å². The Morgan fingerprint density at radius 3 is 2.88 bits per heavy atom. The number of nitrogens with one attached hydrogen (secondary N) is 2. The Labute approximate surface area is 97.2 Å². The standard InChI is InChI=1S/C12H22N4/c1-9-5-3-4-6-11(9)13-8-7-12-14-10(2)15-16-12/h9,11,13H,3-8H2,1-2H3,(H,14,15,16). The quantitative estimate of drug-likeness (QED) is 0.817. The third-order valence-electron chi connectivity index (χ3n) is 3.51. The van der Waals surface area contributed by atoms with Crippen molar-refractivity contribution >= 4 is 0 Å². The number of hydrogen-bond donors (Lipinski definition) is 2. The van der Waals surface area contributed by atoms with Crippen LogP contribution in [0.3, 0.4) is 0 Å². The lowest BCUT2D eigenvalue weighted by Gasteiger charge is -2.29. The number of aromatic nitrogens is 3. The van der Waals surface area contributed by atoms with Crippen molar-refractivity contribution in [3.05, 3.63) is 11.6 Å². The van der Waals surface area contributed by atoms with E-state index >= 15 is 0 Å². The molecule has 1 aromatic rings. The first-order chi connectivity index (χ1) is 7.75. The van der Waals surface area contributed by atoms with E-state index in [1.807, 2.05) is 6.92 Å². The molecule has 0 bridgehead atoms. The van der Waals surface area contributed by atoms with Gasteiger partial charge in [-0.2, -0.15) is 5.10 Å². The highest BCUT2D eigenvalue weighted by atomic mass is 15.2. The van der Waals surface area contributed by atoms with E-state index in [-0.39, 0.29) is 0 Å². The first-order valence-electron chi connectivity index (χ1n) is 6.37. The van der Waals surface area contributed by atoms with Gasteiger partial charge in [-0.15, -0.1) is 0 Å². The predicted octanol–water partition coefficient (Wildman–Crippen LogP) is 1.82. The number of aromatic amines is 1. The second kappa shape index (κ2) is 5.43. The van der Waals surface area contributed by atoms with Crippen molar-refractivity contribution in [1.29, 1.82) is 0 Å². The molecular formula is C12H22N4. The van der Waals surface area contributed by atoms with Gasteiger partial charge in [0.15, 0.2) is 5.82 Å². The zero-order valence-corrected chi connectivity index (χ0v) is 10.3. The van der Waals surface area contributed by atoms with Gasteiger partial charge in [0.1, 0.15) is 5.82 Å². The molecule has 90 valence electrons. The first kappa shape index (κ1) is 11.6. The van der Waals surface area contributed by atoms with Crippen LogP contribution in [0.4, 0.5) is 0 Å². The zero-order valence-electron chi connectivity index (χ0n) is 10.3. The maximum atomic E-state index is 4.31. The Morgan fingerprint density at radius 2 is 2.19 bits per heavy atom. The van der Waals surface area contributed by atoms with Crippen LogP contribution in [0, 0.1) is 12.8 Å². The van der Waals surface area contributed by atoms with Gasteiger partial charge in [-0.05, 0) is 25.7 Å². The van der Waals surface area contributed by atoms with Gasteiger partial charge in [-0.1, -0.05) is 19.8 Å². The summed E-state index contributed by atoms with van der Waals surface area (Å²) in [5.41, 5.74) is 0. The molecule has 2 atom stereocenters. The summed E-state index contributed by atoms with van der Waals surface area (Å²) in [6.07, 6.45) is 6.40. The summed E-state index contributed by atoms with van der Waals surface area (Å²) in [6, 6.07) is 0.703. The molecular weight excluding hydrogens is 200 g/mol. The molecule has 0 radical (unpaired) electrons. The fourth-order valence-corrected chi connectivity index (χ4v) is 2.49. The van der Waals surface area contributed by atoms with Crippen LogP contribution < -0.4 is 5.32 Å². The van der Waals surface area contributed by atoms with Crippen LogP contribution in [0.2, 0.25) is 0 Å². The lowest BCUT2D eigenvalue weighted by atomic mass is 9.86. The number of aryl methyl sites for hydroxylation is 1. The van der Waals surface area contributed by atoms with E-state index in [1.54, 1.807) is 0 Å². The normalized spacial score (nSPS) is 25.9. The molecule has 0 amide bonds. The van der Waals surface area contributed by atoms with E-state index in [0.29, 0.717) is 6.04 Å². The van der Waals surface area contributed by atoms with Gasteiger partial charge in [0.25, 0.3) is 0 Å². The monoisotopic (exact) mass is 222 g/mol. The van der Waals surface area contributed by atoms with E-state index < -0.39 is 0 Å². The molecule has 0 spiro atoms. The number of nitrogens with zero attached hydrogens (tertiary/aromatic N) is 2. The molecule has 0 aromatic carbocycles. The minimum absolute atomic E-state index is 0.703. The summed E-state index contributed by atoms with van der Waals surface area (Å²) in [5.74, 6) is 2.65. The highest BCUT2D eigenvalue weighted by Crippen LogP contribution is 2.23. The summed E-state index contributed by atoms with van der Waals surface area (Å²) >= 11 is 0. The molecule has 2 unspecified atom stereocenters. The summed E-state index contributed by atoms with van der Waals surface area (Å²) in [6.45, 7) is 5.28. The Bertz CT molecular complexity index is 321. The topological polar surface area (TPSA) is 53.6 Å². The third-order valence-corrected chi connectivity index (χ3v) is 3.51. The lowest BCUT2D eigenvalue weighted by molar-refractivity contribution is 0.282. The van der Waals surface area contributed by atoms with Crippen molar-refractivity contribution in [3.8, 4) is 0 Å². The first-order valence-corrected chi connectivity index (χ1v) is 6.37. The predicted molar refractivity (Wildman–Crippen MR) is 64.2 cm³/mol. The van der Waals surface area contributed by atoms with Gasteiger partial charge in [-0.3, -0.25) is 5.10 Å². The molecule has 2 N–H and O–H groups in total. The smallest absolute Gasteiger partial charge is 0.151 e. The molecule has 1 aliphatic carbocycles. The molecule has 16 heavy (non-hydrogen) atoms. The molecule has 1 aliphatic rings. The van der Waals surface area contributed by atoms with Gasteiger partial charge >= 0.3 is 0 Å². The van der Waals surface area contributed by atoms with Gasteiger partial charge in [0, 0.05) is 19.0 Å². The van der Waals surface area contributed by atoms with Crippen LogP contribution in [-0.2, 0) is 6.42 Å². The van der Waals surface area contributed by atoms with Gasteiger partial charge in [0.05, 0.1) is 0 Å². The van der Waals surface area contributed by atoms with Crippen LogP contribution in [0.1, 0.15) is 44.3 Å². The highest BCUT2D eigenvalue weighted by molar-refractivity contribution is 4.89. The van der Waals surface area contributed by atoms with Crippen molar-refractivity contribution in [3.63, 3.8) is 0 Å². The zero-order chi connectivity index (χ0) is 11.4. The second-order valence-corrected chi connectivity index (χ2v) is 4.91. The summed E-state index contributed by atoms with van der Waals surface area (Å²) in [4.78, 5) is 4.31. The van der Waals surface area contributed by atoms with Crippen molar-refractivity contribution in [1.82, 2.24) is 20.5 Å². The van der Waals surface area contributed by atoms with Crippen molar-refractivity contribution < 1.29 is 0 Å². The van der Waals surface area contributed by atoms with E-state index in [1.165, 1.54) is 25.7 Å². The van der Waals surface area contributed by atoms with Crippen molar-refractivity contribution in [2.75, 3.05) is 6.54 Å². The second-order valence-electron chi connectivity index (χ2n) is 4.91. The SMILES string of the molecule is Cc1nc(CCNC2CCCCC2C)n[nH]1. The highest BCUT2D eigenvalue weighted by Gasteiger charge is 2.20. The summed E-state index contributed by atoms with van der Waals surface area (Å²) in [7, 11) is 0. The molecule has 0 aliphatic heterocycles. The molecule has 1 saturated carbocycles. The van der Waals surface area contributed by atoms with E-state index in [4.69, 9.17) is 0 Å². The van der Waals surface area contributed by atoms with Crippen molar-refractivity contribution in [2.24, 2.45) is 5.92 Å². The maximum absolute atomic E-state index is 4.31. The summed E-state index contributed by atoms with van der Waals surface area (Å²) < 4.78 is 0. The summed E-state index contributed by atoms with van der Waals surface area (Å²) in [5, 5.41) is 10.7. The van der Waals surface area contributed by atoms with Crippen molar-refractivity contribution in [2.45, 2.75) is 52.0 Å². The van der Waals surface area contributed by atoms with E-state index in [9.17, 15) is 0 Å². The average molecular weight is 222 g/mol. The molecule has 2 rings (SSSR count). The van der Waals surface area contributed by atoms with Crippen LogP contribution in [-0.4, -0.2) is 27.8 Å². The Kier molecular flexibility index (Phi) is 3.93. The Balaban J connectivity index is 1.71. The third kappa shape index (κ3) is 3.04. The number of rotatable bonds is 4. The van der Waals surface area contributed by atoms with Crippen LogP contribution in [0.15, 0.2) is 0 Å². The Hall–Kier alpha value is -0.900. The van der Waals surface area contributed by atoms with Crippen LogP contribution >= 0.6 is 0 Å². The molecule has 1 fully saturated rings. The van der Waals surface area contributed by atoms with Gasteiger partial charge in [-0.25, -0.2) is 4.98 Å². The van der Waals surface area contributed by atoms with E-state index in [0.717, 1.165) is 30.5 Å². The minimum Gasteiger partial charge on any atom is -0.313 e. The molecule has 1 aromatic heterocycles.